The van der Waals surface area contributed by atoms with Crippen LogP contribution < -0.4 is 5.32 Å². The van der Waals surface area contributed by atoms with Gasteiger partial charge in [0.15, 0.2) is 6.04 Å². The summed E-state index contributed by atoms with van der Waals surface area (Å²) in [5.74, 6) is -1.76. The van der Waals surface area contributed by atoms with Crippen molar-refractivity contribution >= 4 is 23.9 Å². The number of nitrogens with zero attached hydrogens (tertiary/aromatic N) is 1. The van der Waals surface area contributed by atoms with Crippen molar-refractivity contribution in [3.05, 3.63) is 77.5 Å². The molecule has 3 rings (SSSR count). The maximum atomic E-state index is 12.6. The number of fused-ring (bicyclic) bond motifs is 1. The van der Waals surface area contributed by atoms with Gasteiger partial charge in [-0.2, -0.15) is 0 Å². The van der Waals surface area contributed by atoms with Crippen molar-refractivity contribution in [3.8, 4) is 0 Å². The summed E-state index contributed by atoms with van der Waals surface area (Å²) in [7, 11) is 0. The Balaban J connectivity index is 1.82. The predicted octanol–water partition coefficient (Wildman–Crippen LogP) is 2.89. The molecule has 0 saturated carbocycles. The molecule has 0 radical (unpaired) electrons. The molecule has 1 aliphatic rings. The molecule has 2 N–H and O–H groups in total. The summed E-state index contributed by atoms with van der Waals surface area (Å²) in [5, 5.41) is 12.1. The number of carbonyl (C=O) groups is 3. The van der Waals surface area contributed by atoms with Crippen LogP contribution in [0, 0.1) is 0 Å². The van der Waals surface area contributed by atoms with Gasteiger partial charge in [0.05, 0.1) is 12.5 Å². The molecule has 0 unspecified atom stereocenters. The maximum Gasteiger partial charge on any atom is 0.330 e. The summed E-state index contributed by atoms with van der Waals surface area (Å²) < 4.78 is 0. The number of benzene rings is 2. The van der Waals surface area contributed by atoms with E-state index in [1.165, 1.54) is 11.8 Å². The van der Waals surface area contributed by atoms with E-state index in [1.807, 2.05) is 30.3 Å². The minimum absolute atomic E-state index is 0.0302. The van der Waals surface area contributed by atoms with Gasteiger partial charge in [-0.25, -0.2) is 4.79 Å². The van der Waals surface area contributed by atoms with E-state index in [9.17, 15) is 19.5 Å². The van der Waals surface area contributed by atoms with Gasteiger partial charge in [0.2, 0.25) is 11.8 Å². The zero-order chi connectivity index (χ0) is 19.4. The summed E-state index contributed by atoms with van der Waals surface area (Å²) in [6, 6.07) is 14.4. The van der Waals surface area contributed by atoms with Gasteiger partial charge >= 0.3 is 5.97 Å². The van der Waals surface area contributed by atoms with E-state index >= 15 is 0 Å². The highest BCUT2D eigenvalue weighted by atomic mass is 16.4. The van der Waals surface area contributed by atoms with E-state index in [0.29, 0.717) is 5.56 Å². The van der Waals surface area contributed by atoms with E-state index in [1.54, 1.807) is 36.5 Å². The van der Waals surface area contributed by atoms with E-state index in [-0.39, 0.29) is 12.3 Å². The fraction of sp³-hybridized carbons (Fsp3) is 0.190. The molecule has 138 valence electrons. The fourth-order valence-electron chi connectivity index (χ4n) is 3.24. The summed E-state index contributed by atoms with van der Waals surface area (Å²) in [5.41, 5.74) is 2.29. The zero-order valence-electron chi connectivity index (χ0n) is 14.8. The minimum Gasteiger partial charge on any atom is -0.479 e. The van der Waals surface area contributed by atoms with Crippen LogP contribution in [0.5, 0.6) is 0 Å². The van der Waals surface area contributed by atoms with Gasteiger partial charge in [-0.05, 0) is 22.8 Å². The second-order valence-electron chi connectivity index (χ2n) is 6.34. The monoisotopic (exact) mass is 364 g/mol. The second kappa shape index (κ2) is 7.86. The Bertz CT molecular complexity index is 892. The standard InChI is InChI=1S/C21H20N2O4/c1-14(24)23-12-11-15-7-5-6-10-17(15)18(23)13-19(25)22-20(21(26)27)16-8-3-2-4-9-16/h2-12,18,20H,13H2,1H3,(H,22,25)(H,26,27)/t18-,20+/m0/s1. The van der Waals surface area contributed by atoms with E-state index < -0.39 is 24.0 Å². The number of rotatable bonds is 5. The molecule has 6 heteroatoms. The molecule has 2 aromatic rings. The van der Waals surface area contributed by atoms with Gasteiger partial charge < -0.3 is 15.3 Å². The van der Waals surface area contributed by atoms with Crippen LogP contribution in [0.3, 0.4) is 0 Å². The highest BCUT2D eigenvalue weighted by molar-refractivity contribution is 5.86. The fourth-order valence-corrected chi connectivity index (χ4v) is 3.24. The Hall–Kier alpha value is -3.41. The topological polar surface area (TPSA) is 86.7 Å². The van der Waals surface area contributed by atoms with E-state index in [0.717, 1.165) is 11.1 Å². The Labute approximate surface area is 157 Å². The minimum atomic E-state index is -1.14. The number of carbonyl (C=O) groups excluding carboxylic acids is 2. The Morgan fingerprint density at radius 3 is 2.41 bits per heavy atom. The van der Waals surface area contributed by atoms with Crippen molar-refractivity contribution in [2.45, 2.75) is 25.4 Å². The molecule has 27 heavy (non-hydrogen) atoms. The first kappa shape index (κ1) is 18.4. The highest BCUT2D eigenvalue weighted by Gasteiger charge is 2.30. The van der Waals surface area contributed by atoms with Crippen LogP contribution in [0.25, 0.3) is 6.08 Å². The van der Waals surface area contributed by atoms with Crippen LogP contribution in [0.4, 0.5) is 0 Å². The van der Waals surface area contributed by atoms with Crippen LogP contribution in [0.15, 0.2) is 60.8 Å². The average Bonchev–Trinajstić information content (AvgIpc) is 2.66. The third kappa shape index (κ3) is 4.06. The molecule has 2 amide bonds. The van der Waals surface area contributed by atoms with Crippen molar-refractivity contribution in [1.82, 2.24) is 10.2 Å². The number of carboxylic acid groups (broad SMARTS) is 1. The van der Waals surface area contributed by atoms with Crippen molar-refractivity contribution in [2.75, 3.05) is 0 Å². The summed E-state index contributed by atoms with van der Waals surface area (Å²) in [6.07, 6.45) is 3.46. The molecule has 6 nitrogen and oxygen atoms in total. The number of hydrogen-bond acceptors (Lipinski definition) is 3. The average molecular weight is 364 g/mol. The van der Waals surface area contributed by atoms with Crippen LogP contribution in [0.1, 0.15) is 42.1 Å². The molecule has 0 fully saturated rings. The molecule has 0 aromatic heterocycles. The largest absolute Gasteiger partial charge is 0.479 e. The van der Waals surface area contributed by atoms with E-state index in [4.69, 9.17) is 0 Å². The van der Waals surface area contributed by atoms with Gasteiger partial charge in [0.1, 0.15) is 0 Å². The SMILES string of the molecule is CC(=O)N1C=Cc2ccccc2[C@@H]1CC(=O)N[C@@H](C(=O)O)c1ccccc1. The van der Waals surface area contributed by atoms with Crippen molar-refractivity contribution in [2.24, 2.45) is 0 Å². The Morgan fingerprint density at radius 2 is 1.74 bits per heavy atom. The molecular weight excluding hydrogens is 344 g/mol. The zero-order valence-corrected chi connectivity index (χ0v) is 14.8. The molecular formula is C21H20N2O4. The lowest BCUT2D eigenvalue weighted by molar-refractivity contribution is -0.142. The smallest absolute Gasteiger partial charge is 0.330 e. The van der Waals surface area contributed by atoms with Crippen LogP contribution in [0.2, 0.25) is 0 Å². The predicted molar refractivity (Wildman–Crippen MR) is 100 cm³/mol. The summed E-state index contributed by atoms with van der Waals surface area (Å²) >= 11 is 0. The van der Waals surface area contributed by atoms with Crippen LogP contribution in [-0.4, -0.2) is 27.8 Å². The highest BCUT2D eigenvalue weighted by Crippen LogP contribution is 2.33. The number of aliphatic carboxylic acids is 1. The number of amides is 2. The van der Waals surface area contributed by atoms with Crippen molar-refractivity contribution < 1.29 is 19.5 Å². The first-order valence-corrected chi connectivity index (χ1v) is 8.60. The lowest BCUT2D eigenvalue weighted by Crippen LogP contribution is -2.38. The quantitative estimate of drug-likeness (QED) is 0.854. The molecule has 0 aliphatic carbocycles. The van der Waals surface area contributed by atoms with E-state index in [2.05, 4.69) is 5.32 Å². The number of hydrogen-bond donors (Lipinski definition) is 2. The molecule has 1 aliphatic heterocycles. The van der Waals surface area contributed by atoms with Gasteiger partial charge in [0, 0.05) is 13.1 Å². The van der Waals surface area contributed by atoms with Gasteiger partial charge in [-0.15, -0.1) is 0 Å². The first-order chi connectivity index (χ1) is 13.0. The van der Waals surface area contributed by atoms with Gasteiger partial charge in [0.25, 0.3) is 0 Å². The van der Waals surface area contributed by atoms with Crippen LogP contribution >= 0.6 is 0 Å². The van der Waals surface area contributed by atoms with Gasteiger partial charge in [-0.3, -0.25) is 9.59 Å². The number of carboxylic acids is 1. The van der Waals surface area contributed by atoms with Crippen LogP contribution in [-0.2, 0) is 14.4 Å². The van der Waals surface area contributed by atoms with Crippen molar-refractivity contribution in [3.63, 3.8) is 0 Å². The van der Waals surface area contributed by atoms with Gasteiger partial charge in [-0.1, -0.05) is 54.6 Å². The third-order valence-electron chi connectivity index (χ3n) is 4.53. The lowest BCUT2D eigenvalue weighted by Gasteiger charge is -2.32. The lowest BCUT2D eigenvalue weighted by atomic mass is 9.93. The molecule has 2 aromatic carbocycles. The summed E-state index contributed by atoms with van der Waals surface area (Å²) in [6.45, 7) is 1.44. The molecule has 0 saturated heterocycles. The second-order valence-corrected chi connectivity index (χ2v) is 6.34. The maximum absolute atomic E-state index is 12.6. The molecule has 1 heterocycles. The third-order valence-corrected chi connectivity index (χ3v) is 4.53. The Kier molecular flexibility index (Phi) is 5.35. The van der Waals surface area contributed by atoms with Crippen molar-refractivity contribution in [1.29, 1.82) is 0 Å². The molecule has 2 atom stereocenters. The molecule has 0 spiro atoms. The Morgan fingerprint density at radius 1 is 1.07 bits per heavy atom. The summed E-state index contributed by atoms with van der Waals surface area (Å²) in [4.78, 5) is 37.8. The first-order valence-electron chi connectivity index (χ1n) is 8.60. The molecule has 0 bridgehead atoms. The normalized spacial score (nSPS) is 16.3. The number of nitrogens with one attached hydrogen (secondary N) is 1.